The molecule has 1 aromatic rings. The van der Waals surface area contributed by atoms with Gasteiger partial charge >= 0.3 is 6.09 Å². The lowest BCUT2D eigenvalue weighted by Gasteiger charge is -2.16. The fourth-order valence-corrected chi connectivity index (χ4v) is 2.59. The summed E-state index contributed by atoms with van der Waals surface area (Å²) in [7, 11) is -3.44. The summed E-state index contributed by atoms with van der Waals surface area (Å²) in [5.74, 6) is 0. The van der Waals surface area contributed by atoms with Gasteiger partial charge < -0.3 is 10.1 Å². The average molecular weight is 388 g/mol. The van der Waals surface area contributed by atoms with Gasteiger partial charge in [0, 0.05) is 11.8 Å². The molecular formula is C17H22ClNO5S. The molecule has 0 aliphatic rings. The van der Waals surface area contributed by atoms with Crippen LogP contribution in [0.5, 0.6) is 0 Å². The van der Waals surface area contributed by atoms with Crippen molar-refractivity contribution in [2.75, 3.05) is 6.61 Å². The van der Waals surface area contributed by atoms with Gasteiger partial charge in [-0.05, 0) is 44.0 Å². The zero-order valence-electron chi connectivity index (χ0n) is 14.4. The van der Waals surface area contributed by atoms with Gasteiger partial charge in [-0.3, -0.25) is 4.79 Å². The zero-order valence-corrected chi connectivity index (χ0v) is 15.9. The van der Waals surface area contributed by atoms with E-state index >= 15 is 0 Å². The number of hydrogen-bond acceptors (Lipinski definition) is 5. The number of amides is 1. The summed E-state index contributed by atoms with van der Waals surface area (Å²) in [6, 6.07) is 8.13. The SMILES string of the molecule is CC(C)(C)S(=O)(=O)C=CCOC(=O)N[C@@H](Cc1ccccc1)C(=O)Cl. The van der Waals surface area contributed by atoms with Crippen molar-refractivity contribution in [1.29, 1.82) is 0 Å². The van der Waals surface area contributed by atoms with Gasteiger partial charge in [0.2, 0.25) is 5.24 Å². The highest BCUT2D eigenvalue weighted by Gasteiger charge is 2.26. The van der Waals surface area contributed by atoms with Crippen LogP contribution in [0.4, 0.5) is 4.79 Å². The second kappa shape index (κ2) is 9.01. The van der Waals surface area contributed by atoms with Crippen LogP contribution in [0.3, 0.4) is 0 Å². The fourth-order valence-electron chi connectivity index (χ4n) is 1.72. The monoisotopic (exact) mass is 387 g/mol. The van der Waals surface area contributed by atoms with E-state index in [2.05, 4.69) is 5.32 Å². The molecule has 0 heterocycles. The van der Waals surface area contributed by atoms with E-state index in [-0.39, 0.29) is 13.0 Å². The minimum Gasteiger partial charge on any atom is -0.445 e. The Morgan fingerprint density at radius 3 is 2.36 bits per heavy atom. The Kier molecular flexibility index (Phi) is 7.63. The normalized spacial score (nSPS) is 13.4. The Bertz CT molecular complexity index is 723. The Morgan fingerprint density at radius 2 is 1.84 bits per heavy atom. The molecule has 0 aromatic heterocycles. The number of alkyl carbamates (subject to hydrolysis) is 1. The summed E-state index contributed by atoms with van der Waals surface area (Å²) in [5, 5.41) is 2.66. The molecule has 25 heavy (non-hydrogen) atoms. The fraction of sp³-hybridized carbons (Fsp3) is 0.412. The lowest BCUT2D eigenvalue weighted by Crippen LogP contribution is -2.40. The maximum Gasteiger partial charge on any atom is 0.408 e. The predicted octanol–water partition coefficient (Wildman–Crippen LogP) is 2.82. The van der Waals surface area contributed by atoms with Crippen molar-refractivity contribution >= 4 is 32.8 Å². The van der Waals surface area contributed by atoms with Crippen molar-refractivity contribution in [3.63, 3.8) is 0 Å². The highest BCUT2D eigenvalue weighted by molar-refractivity contribution is 7.95. The van der Waals surface area contributed by atoms with Crippen molar-refractivity contribution < 1.29 is 22.7 Å². The predicted molar refractivity (Wildman–Crippen MR) is 97.1 cm³/mol. The number of halogens is 1. The molecular weight excluding hydrogens is 366 g/mol. The van der Waals surface area contributed by atoms with Gasteiger partial charge in [0.15, 0.2) is 9.84 Å². The van der Waals surface area contributed by atoms with Crippen LogP contribution < -0.4 is 5.32 Å². The first-order valence-electron chi connectivity index (χ1n) is 7.60. The first-order valence-corrected chi connectivity index (χ1v) is 9.53. The number of benzene rings is 1. The van der Waals surface area contributed by atoms with Crippen molar-refractivity contribution in [2.45, 2.75) is 38.0 Å². The van der Waals surface area contributed by atoms with Crippen LogP contribution in [0.1, 0.15) is 26.3 Å². The van der Waals surface area contributed by atoms with Gasteiger partial charge in [-0.2, -0.15) is 0 Å². The lowest BCUT2D eigenvalue weighted by molar-refractivity contribution is -0.113. The first-order chi connectivity index (χ1) is 11.5. The van der Waals surface area contributed by atoms with E-state index in [4.69, 9.17) is 16.3 Å². The van der Waals surface area contributed by atoms with Crippen LogP contribution in [-0.2, 0) is 25.8 Å². The maximum absolute atomic E-state index is 11.9. The highest BCUT2D eigenvalue weighted by atomic mass is 35.5. The van der Waals surface area contributed by atoms with E-state index in [1.807, 2.05) is 18.2 Å². The van der Waals surface area contributed by atoms with Gasteiger partial charge in [-0.25, -0.2) is 13.2 Å². The summed E-state index contributed by atoms with van der Waals surface area (Å²) in [4.78, 5) is 23.2. The second-order valence-electron chi connectivity index (χ2n) is 6.32. The number of carbonyl (C=O) groups excluding carboxylic acids is 2. The number of sulfone groups is 1. The summed E-state index contributed by atoms with van der Waals surface area (Å²) in [6.07, 6.45) is 0.606. The van der Waals surface area contributed by atoms with Gasteiger partial charge in [0.25, 0.3) is 0 Å². The molecule has 0 fully saturated rings. The maximum atomic E-state index is 11.9. The molecule has 0 radical (unpaired) electrons. The summed E-state index contributed by atoms with van der Waals surface area (Å²) < 4.78 is 27.6. The van der Waals surface area contributed by atoms with Crippen LogP contribution in [0.25, 0.3) is 0 Å². The van der Waals surface area contributed by atoms with Crippen LogP contribution in [0, 0.1) is 0 Å². The van der Waals surface area contributed by atoms with Crippen molar-refractivity contribution in [3.05, 3.63) is 47.4 Å². The zero-order chi connectivity index (χ0) is 19.1. The highest BCUT2D eigenvalue weighted by Crippen LogP contribution is 2.16. The smallest absolute Gasteiger partial charge is 0.408 e. The van der Waals surface area contributed by atoms with Crippen molar-refractivity contribution in [1.82, 2.24) is 5.32 Å². The van der Waals surface area contributed by atoms with E-state index in [0.29, 0.717) is 0 Å². The van der Waals surface area contributed by atoms with Crippen LogP contribution in [0.2, 0.25) is 0 Å². The first kappa shape index (κ1) is 21.2. The van der Waals surface area contributed by atoms with Crippen molar-refractivity contribution in [3.8, 4) is 0 Å². The van der Waals surface area contributed by atoms with E-state index in [1.165, 1.54) is 6.08 Å². The summed E-state index contributed by atoms with van der Waals surface area (Å²) in [5.41, 5.74) is 0.831. The second-order valence-corrected chi connectivity index (χ2v) is 9.28. The molecule has 0 spiro atoms. The number of carbonyl (C=O) groups is 2. The quantitative estimate of drug-likeness (QED) is 0.726. The molecule has 6 nitrogen and oxygen atoms in total. The minimum atomic E-state index is -3.44. The van der Waals surface area contributed by atoms with Gasteiger partial charge in [0.1, 0.15) is 12.6 Å². The van der Waals surface area contributed by atoms with Gasteiger partial charge in [-0.15, -0.1) is 0 Å². The number of ether oxygens (including phenoxy) is 1. The summed E-state index contributed by atoms with van der Waals surface area (Å²) >= 11 is 5.51. The van der Waals surface area contributed by atoms with Crippen LogP contribution >= 0.6 is 11.6 Å². The standard InChI is InChI=1S/C17H22ClNO5S/c1-17(2,3)25(22,23)11-7-10-24-16(21)19-14(15(18)20)12-13-8-5-4-6-9-13/h4-9,11,14H,10,12H2,1-3H3,(H,19,21)/t14-/m0/s1. The molecule has 1 aromatic carbocycles. The topological polar surface area (TPSA) is 89.5 Å². The third-order valence-corrected chi connectivity index (χ3v) is 5.81. The molecule has 1 atom stereocenters. The van der Waals surface area contributed by atoms with Crippen LogP contribution in [0.15, 0.2) is 41.8 Å². The molecule has 1 N–H and O–H groups in total. The summed E-state index contributed by atoms with van der Waals surface area (Å²) in [6.45, 7) is 4.47. The molecule has 0 bridgehead atoms. The van der Waals surface area contributed by atoms with E-state index < -0.39 is 32.0 Å². The molecule has 0 aliphatic heterocycles. The van der Waals surface area contributed by atoms with E-state index in [9.17, 15) is 18.0 Å². The Hall–Kier alpha value is -1.86. The van der Waals surface area contributed by atoms with E-state index in [0.717, 1.165) is 11.0 Å². The minimum absolute atomic E-state index is 0.229. The lowest BCUT2D eigenvalue weighted by atomic mass is 10.1. The number of rotatable bonds is 7. The Labute approximate surface area is 153 Å². The van der Waals surface area contributed by atoms with E-state index in [1.54, 1.807) is 32.9 Å². The Morgan fingerprint density at radius 1 is 1.24 bits per heavy atom. The molecule has 138 valence electrons. The van der Waals surface area contributed by atoms with Gasteiger partial charge in [0.05, 0.1) is 4.75 Å². The molecule has 0 saturated heterocycles. The Balaban J connectivity index is 2.55. The third kappa shape index (κ3) is 7.27. The molecule has 0 unspecified atom stereocenters. The molecule has 8 heteroatoms. The number of nitrogens with one attached hydrogen (secondary N) is 1. The number of hydrogen-bond donors (Lipinski definition) is 1. The van der Waals surface area contributed by atoms with Gasteiger partial charge in [-0.1, -0.05) is 30.3 Å². The van der Waals surface area contributed by atoms with Crippen molar-refractivity contribution in [2.24, 2.45) is 0 Å². The molecule has 1 rings (SSSR count). The average Bonchev–Trinajstić information content (AvgIpc) is 2.51. The van der Waals surface area contributed by atoms with Crippen LogP contribution in [-0.4, -0.2) is 37.1 Å². The molecule has 0 saturated carbocycles. The molecule has 1 amide bonds. The third-order valence-electron chi connectivity index (χ3n) is 3.29. The molecule has 0 aliphatic carbocycles. The largest absolute Gasteiger partial charge is 0.445 e.